The van der Waals surface area contributed by atoms with Crippen LogP contribution < -0.4 is 11.1 Å². The number of hydrogen-bond donors (Lipinski definition) is 2. The maximum Gasteiger partial charge on any atom is 0.224 e. The number of primary amides is 1. The maximum atomic E-state index is 11.2. The average Bonchev–Trinajstić information content (AvgIpc) is 2.74. The number of fused-ring (bicyclic) bond motifs is 1. The van der Waals surface area contributed by atoms with Crippen molar-refractivity contribution in [1.29, 1.82) is 0 Å². The molecule has 1 aromatic rings. The Balaban J connectivity index is 2.10. The van der Waals surface area contributed by atoms with Gasteiger partial charge in [-0.15, -0.1) is 0 Å². The van der Waals surface area contributed by atoms with Gasteiger partial charge >= 0.3 is 0 Å². The molecule has 1 aromatic heterocycles. The predicted octanol–water partition coefficient (Wildman–Crippen LogP) is 0.889. The van der Waals surface area contributed by atoms with Gasteiger partial charge in [-0.05, 0) is 33.1 Å². The van der Waals surface area contributed by atoms with Crippen LogP contribution in [0.2, 0.25) is 0 Å². The van der Waals surface area contributed by atoms with Crippen LogP contribution in [0.3, 0.4) is 0 Å². The fraction of sp³-hybridized carbons (Fsp3) is 0.583. The first-order valence-corrected chi connectivity index (χ1v) is 5.87. The number of anilines is 1. The minimum absolute atomic E-state index is 0.310. The Bertz CT molecular complexity index is 442. The van der Waals surface area contributed by atoms with E-state index >= 15 is 0 Å². The van der Waals surface area contributed by atoms with E-state index in [4.69, 9.17) is 5.73 Å². The summed E-state index contributed by atoms with van der Waals surface area (Å²) in [5.74, 6) is 0.539. The third kappa shape index (κ3) is 2.38. The monoisotopic (exact) mass is 234 g/mol. The van der Waals surface area contributed by atoms with Crippen molar-refractivity contribution < 1.29 is 4.79 Å². The Hall–Kier alpha value is -1.65. The van der Waals surface area contributed by atoms with Gasteiger partial charge in [-0.25, -0.2) is 9.97 Å². The quantitative estimate of drug-likeness (QED) is 0.810. The molecule has 0 atom stereocenters. The van der Waals surface area contributed by atoms with E-state index in [9.17, 15) is 4.79 Å². The van der Waals surface area contributed by atoms with E-state index in [0.717, 1.165) is 30.8 Å². The van der Waals surface area contributed by atoms with Crippen LogP contribution in [-0.2, 0) is 17.6 Å². The van der Waals surface area contributed by atoms with E-state index in [1.165, 1.54) is 5.56 Å². The van der Waals surface area contributed by atoms with E-state index in [2.05, 4.69) is 15.3 Å². The summed E-state index contributed by atoms with van der Waals surface area (Å²) in [6, 6.07) is 0. The number of carbonyl (C=O) groups excluding carboxylic acids is 1. The molecule has 1 aliphatic carbocycles. The number of rotatable bonds is 4. The van der Waals surface area contributed by atoms with Gasteiger partial charge in [-0.2, -0.15) is 0 Å². The normalized spacial score (nSPS) is 14.5. The van der Waals surface area contributed by atoms with Crippen molar-refractivity contribution >= 4 is 11.7 Å². The predicted molar refractivity (Wildman–Crippen MR) is 65.5 cm³/mol. The smallest absolute Gasteiger partial charge is 0.224 e. The molecule has 17 heavy (non-hydrogen) atoms. The number of nitrogens with two attached hydrogens (primary N) is 1. The van der Waals surface area contributed by atoms with Gasteiger partial charge < -0.3 is 11.1 Å². The molecule has 0 bridgehead atoms. The zero-order valence-electron chi connectivity index (χ0n) is 10.3. The van der Waals surface area contributed by atoms with Crippen molar-refractivity contribution in [2.24, 2.45) is 11.1 Å². The molecule has 5 heteroatoms. The van der Waals surface area contributed by atoms with E-state index in [-0.39, 0.29) is 5.91 Å². The van der Waals surface area contributed by atoms with Crippen LogP contribution in [0.5, 0.6) is 0 Å². The molecule has 3 N–H and O–H groups in total. The summed E-state index contributed by atoms with van der Waals surface area (Å²) >= 11 is 0. The van der Waals surface area contributed by atoms with Gasteiger partial charge in [0.25, 0.3) is 0 Å². The third-order valence-corrected chi connectivity index (χ3v) is 3.24. The number of aromatic nitrogens is 2. The highest BCUT2D eigenvalue weighted by molar-refractivity contribution is 5.80. The van der Waals surface area contributed by atoms with Crippen molar-refractivity contribution in [3.63, 3.8) is 0 Å². The van der Waals surface area contributed by atoms with Gasteiger partial charge in [0.05, 0.1) is 5.41 Å². The van der Waals surface area contributed by atoms with Gasteiger partial charge in [0.15, 0.2) is 0 Å². The summed E-state index contributed by atoms with van der Waals surface area (Å²) in [5, 5.41) is 3.21. The number of hydrogen-bond acceptors (Lipinski definition) is 4. The highest BCUT2D eigenvalue weighted by Gasteiger charge is 2.26. The fourth-order valence-electron chi connectivity index (χ4n) is 1.90. The van der Waals surface area contributed by atoms with E-state index < -0.39 is 5.41 Å². The second-order valence-electron chi connectivity index (χ2n) is 5.10. The summed E-state index contributed by atoms with van der Waals surface area (Å²) in [6.45, 7) is 4.14. The number of nitrogens with one attached hydrogen (secondary N) is 1. The Morgan fingerprint density at radius 2 is 2.24 bits per heavy atom. The number of aryl methyl sites for hydroxylation is 1. The number of amides is 1. The Morgan fingerprint density at radius 3 is 2.94 bits per heavy atom. The lowest BCUT2D eigenvalue weighted by atomic mass is 9.93. The van der Waals surface area contributed by atoms with Crippen LogP contribution in [0.4, 0.5) is 5.82 Å². The molecular weight excluding hydrogens is 216 g/mol. The van der Waals surface area contributed by atoms with Gasteiger partial charge in [-0.3, -0.25) is 4.79 Å². The molecule has 0 unspecified atom stereocenters. The molecule has 0 fully saturated rings. The topological polar surface area (TPSA) is 80.9 Å². The van der Waals surface area contributed by atoms with Gasteiger partial charge in [0.1, 0.15) is 12.1 Å². The fourth-order valence-corrected chi connectivity index (χ4v) is 1.90. The first-order valence-electron chi connectivity index (χ1n) is 5.87. The maximum absolute atomic E-state index is 11.2. The molecule has 5 nitrogen and oxygen atoms in total. The van der Waals surface area contributed by atoms with Gasteiger partial charge in [-0.1, -0.05) is 0 Å². The number of nitrogens with zero attached hydrogens (tertiary/aromatic N) is 2. The van der Waals surface area contributed by atoms with Crippen LogP contribution in [0.25, 0.3) is 0 Å². The van der Waals surface area contributed by atoms with E-state index in [1.54, 1.807) is 6.33 Å². The van der Waals surface area contributed by atoms with Crippen molar-refractivity contribution in [2.75, 3.05) is 11.9 Å². The molecule has 0 spiro atoms. The molecule has 0 saturated carbocycles. The molecular formula is C12H18N4O. The van der Waals surface area contributed by atoms with Crippen LogP contribution in [0.1, 0.15) is 31.5 Å². The summed E-state index contributed by atoms with van der Waals surface area (Å²) in [5.41, 5.74) is 7.07. The zero-order chi connectivity index (χ0) is 12.5. The second-order valence-corrected chi connectivity index (χ2v) is 5.10. The van der Waals surface area contributed by atoms with Crippen molar-refractivity contribution in [1.82, 2.24) is 9.97 Å². The SMILES string of the molecule is CC(C)(CNc1ncnc2c1CCC2)C(N)=O. The van der Waals surface area contributed by atoms with Crippen LogP contribution in [-0.4, -0.2) is 22.4 Å². The lowest BCUT2D eigenvalue weighted by molar-refractivity contribution is -0.125. The van der Waals surface area contributed by atoms with Crippen molar-refractivity contribution in [3.05, 3.63) is 17.6 Å². The Kier molecular flexibility index (Phi) is 3.00. The lowest BCUT2D eigenvalue weighted by Crippen LogP contribution is -2.37. The molecule has 1 aliphatic rings. The number of carbonyl (C=O) groups is 1. The average molecular weight is 234 g/mol. The van der Waals surface area contributed by atoms with E-state index in [1.807, 2.05) is 13.8 Å². The molecule has 1 heterocycles. The lowest BCUT2D eigenvalue weighted by Gasteiger charge is -2.21. The highest BCUT2D eigenvalue weighted by atomic mass is 16.1. The molecule has 2 rings (SSSR count). The summed E-state index contributed by atoms with van der Waals surface area (Å²) in [6.07, 6.45) is 4.73. The Labute approximate surface area is 101 Å². The second kappa shape index (κ2) is 4.31. The van der Waals surface area contributed by atoms with Crippen LogP contribution in [0.15, 0.2) is 6.33 Å². The van der Waals surface area contributed by atoms with E-state index in [0.29, 0.717) is 6.54 Å². The Morgan fingerprint density at radius 1 is 1.47 bits per heavy atom. The molecule has 92 valence electrons. The minimum atomic E-state index is -0.573. The van der Waals surface area contributed by atoms with Gasteiger partial charge in [0, 0.05) is 17.8 Å². The molecule has 0 aliphatic heterocycles. The molecule has 0 saturated heterocycles. The molecule has 1 amide bonds. The van der Waals surface area contributed by atoms with Crippen LogP contribution >= 0.6 is 0 Å². The summed E-state index contributed by atoms with van der Waals surface area (Å²) in [7, 11) is 0. The van der Waals surface area contributed by atoms with Crippen molar-refractivity contribution in [3.8, 4) is 0 Å². The van der Waals surface area contributed by atoms with Crippen LogP contribution in [0, 0.1) is 5.41 Å². The summed E-state index contributed by atoms with van der Waals surface area (Å²) < 4.78 is 0. The molecule has 0 aromatic carbocycles. The van der Waals surface area contributed by atoms with Crippen molar-refractivity contribution in [2.45, 2.75) is 33.1 Å². The zero-order valence-corrected chi connectivity index (χ0v) is 10.3. The first kappa shape index (κ1) is 11.8. The molecule has 0 radical (unpaired) electrons. The highest BCUT2D eigenvalue weighted by Crippen LogP contribution is 2.26. The standard InChI is InChI=1S/C12H18N4O/c1-12(2,11(13)17)6-14-10-8-4-3-5-9(8)15-7-16-10/h7H,3-6H2,1-2H3,(H2,13,17)(H,14,15,16). The first-order chi connectivity index (χ1) is 8.00. The largest absolute Gasteiger partial charge is 0.369 e. The third-order valence-electron chi connectivity index (χ3n) is 3.24. The summed E-state index contributed by atoms with van der Waals surface area (Å²) in [4.78, 5) is 19.7. The minimum Gasteiger partial charge on any atom is -0.369 e. The van der Waals surface area contributed by atoms with Gasteiger partial charge in [0.2, 0.25) is 5.91 Å².